The van der Waals surface area contributed by atoms with Crippen molar-refractivity contribution in [2.45, 2.75) is 38.5 Å². The fourth-order valence-corrected chi connectivity index (χ4v) is 4.36. The Morgan fingerprint density at radius 3 is 2.89 bits per heavy atom. The molecule has 142 valence electrons. The summed E-state index contributed by atoms with van der Waals surface area (Å²) < 4.78 is 0. The number of aliphatic hydroxyl groups is 2. The van der Waals surface area contributed by atoms with Gasteiger partial charge in [-0.05, 0) is 43.4 Å². The van der Waals surface area contributed by atoms with Crippen molar-refractivity contribution in [2.24, 2.45) is 11.8 Å². The van der Waals surface area contributed by atoms with Crippen molar-refractivity contribution >= 4 is 10.9 Å². The molecule has 4 N–H and O–H groups in total. The Balaban J connectivity index is 1.51. The first kappa shape index (κ1) is 18.1. The predicted molar refractivity (Wildman–Crippen MR) is 104 cm³/mol. The number of benzene rings is 1. The lowest BCUT2D eigenvalue weighted by molar-refractivity contribution is 0.0716. The maximum Gasteiger partial charge on any atom is 0.125 e. The lowest BCUT2D eigenvalue weighted by Gasteiger charge is -2.25. The predicted octanol–water partition coefficient (Wildman–Crippen LogP) is 1.96. The van der Waals surface area contributed by atoms with Crippen LogP contribution in [0.4, 0.5) is 0 Å². The molecule has 0 amide bonds. The van der Waals surface area contributed by atoms with E-state index in [0.29, 0.717) is 6.42 Å². The Kier molecular flexibility index (Phi) is 5.20. The van der Waals surface area contributed by atoms with E-state index in [1.165, 1.54) is 10.9 Å². The zero-order valence-corrected chi connectivity index (χ0v) is 15.5. The molecule has 0 bridgehead atoms. The molecule has 1 aliphatic rings. The van der Waals surface area contributed by atoms with Crippen LogP contribution in [0.3, 0.4) is 0 Å². The largest absolute Gasteiger partial charge is 0.396 e. The van der Waals surface area contributed by atoms with Crippen LogP contribution in [-0.4, -0.2) is 43.9 Å². The smallest absolute Gasteiger partial charge is 0.125 e. The van der Waals surface area contributed by atoms with Crippen LogP contribution in [0.15, 0.2) is 42.7 Å². The fourth-order valence-electron chi connectivity index (χ4n) is 4.36. The number of aromatic amines is 1. The molecule has 2 aromatic heterocycles. The second-order valence-corrected chi connectivity index (χ2v) is 7.46. The molecule has 4 rings (SSSR count). The van der Waals surface area contributed by atoms with Crippen molar-refractivity contribution in [3.63, 3.8) is 0 Å². The molecule has 0 saturated heterocycles. The summed E-state index contributed by atoms with van der Waals surface area (Å²) in [4.78, 5) is 12.0. The van der Waals surface area contributed by atoms with Gasteiger partial charge < -0.3 is 20.5 Å². The first-order valence-corrected chi connectivity index (χ1v) is 9.51. The number of aliphatic hydroxyl groups excluding tert-OH is 2. The first-order valence-electron chi connectivity index (χ1n) is 9.51. The summed E-state index contributed by atoms with van der Waals surface area (Å²) in [6.07, 6.45) is 4.67. The molecular formula is C21H26N4O2. The van der Waals surface area contributed by atoms with E-state index in [1.807, 2.05) is 31.3 Å². The third-order valence-corrected chi connectivity index (χ3v) is 5.78. The van der Waals surface area contributed by atoms with Crippen LogP contribution in [0.5, 0.6) is 0 Å². The van der Waals surface area contributed by atoms with Gasteiger partial charge in [0, 0.05) is 54.1 Å². The zero-order chi connectivity index (χ0) is 18.8. The highest BCUT2D eigenvalue weighted by Gasteiger charge is 2.42. The van der Waals surface area contributed by atoms with Gasteiger partial charge in [0.1, 0.15) is 5.82 Å². The summed E-state index contributed by atoms with van der Waals surface area (Å²) in [5, 5.41) is 25.1. The Bertz CT molecular complexity index is 910. The minimum Gasteiger partial charge on any atom is -0.396 e. The third kappa shape index (κ3) is 3.74. The molecule has 3 aromatic rings. The maximum absolute atomic E-state index is 10.5. The molecule has 4 unspecified atom stereocenters. The van der Waals surface area contributed by atoms with Crippen molar-refractivity contribution in [1.82, 2.24) is 20.3 Å². The van der Waals surface area contributed by atoms with Crippen LogP contribution < -0.4 is 5.32 Å². The second-order valence-electron chi connectivity index (χ2n) is 7.46. The van der Waals surface area contributed by atoms with E-state index in [2.05, 4.69) is 32.4 Å². The van der Waals surface area contributed by atoms with Crippen LogP contribution in [0.2, 0.25) is 0 Å². The lowest BCUT2D eigenvalue weighted by Crippen LogP contribution is -2.36. The second kappa shape index (κ2) is 7.76. The monoisotopic (exact) mass is 366 g/mol. The van der Waals surface area contributed by atoms with Gasteiger partial charge in [-0.15, -0.1) is 0 Å². The molecular weight excluding hydrogens is 340 g/mol. The van der Waals surface area contributed by atoms with Crippen molar-refractivity contribution in [3.8, 4) is 0 Å². The normalized spacial score (nSPS) is 25.3. The van der Waals surface area contributed by atoms with Crippen LogP contribution >= 0.6 is 0 Å². The maximum atomic E-state index is 10.5. The Morgan fingerprint density at radius 1 is 1.22 bits per heavy atom. The van der Waals surface area contributed by atoms with Crippen molar-refractivity contribution in [3.05, 3.63) is 59.8 Å². The van der Waals surface area contributed by atoms with Gasteiger partial charge in [0.05, 0.1) is 6.10 Å². The minimum absolute atomic E-state index is 0.0127. The lowest BCUT2D eigenvalue weighted by atomic mass is 9.88. The number of rotatable bonds is 6. The SMILES string of the molecule is Cc1nccc(CC2C(NCc3c[nH]c4ccccc34)CC(O)C2CO)n1. The molecule has 4 atom stereocenters. The Labute approximate surface area is 158 Å². The minimum atomic E-state index is -0.497. The highest BCUT2D eigenvalue weighted by molar-refractivity contribution is 5.82. The summed E-state index contributed by atoms with van der Waals surface area (Å²) in [5.41, 5.74) is 3.30. The van der Waals surface area contributed by atoms with Gasteiger partial charge in [-0.25, -0.2) is 9.97 Å². The standard InChI is InChI=1S/C21H26N4O2/c1-13-22-7-6-15(25-13)8-17-18(12-26)21(27)9-20(17)24-11-14-10-23-19-5-3-2-4-16(14)19/h2-7,10,17-18,20-21,23-24,26-27H,8-9,11-12H2,1H3. The van der Waals surface area contributed by atoms with Gasteiger partial charge in [-0.1, -0.05) is 18.2 Å². The Morgan fingerprint density at radius 2 is 2.07 bits per heavy atom. The average Bonchev–Trinajstić information content (AvgIpc) is 3.21. The van der Waals surface area contributed by atoms with Gasteiger partial charge in [-0.3, -0.25) is 0 Å². The van der Waals surface area contributed by atoms with E-state index in [9.17, 15) is 10.2 Å². The molecule has 6 nitrogen and oxygen atoms in total. The zero-order valence-electron chi connectivity index (χ0n) is 15.5. The molecule has 1 fully saturated rings. The van der Waals surface area contributed by atoms with E-state index in [-0.39, 0.29) is 24.5 Å². The third-order valence-electron chi connectivity index (χ3n) is 5.78. The summed E-state index contributed by atoms with van der Waals surface area (Å²) in [5.74, 6) is 0.736. The van der Waals surface area contributed by atoms with Gasteiger partial charge in [0.2, 0.25) is 0 Å². The molecule has 6 heteroatoms. The molecule has 2 heterocycles. The van der Waals surface area contributed by atoms with Gasteiger partial charge in [-0.2, -0.15) is 0 Å². The van der Waals surface area contributed by atoms with E-state index in [4.69, 9.17) is 0 Å². The van der Waals surface area contributed by atoms with Crippen molar-refractivity contribution in [1.29, 1.82) is 0 Å². The van der Waals surface area contributed by atoms with Crippen molar-refractivity contribution < 1.29 is 10.2 Å². The highest BCUT2D eigenvalue weighted by atomic mass is 16.3. The number of nitrogens with one attached hydrogen (secondary N) is 2. The molecule has 1 aromatic carbocycles. The van der Waals surface area contributed by atoms with E-state index >= 15 is 0 Å². The van der Waals surface area contributed by atoms with E-state index < -0.39 is 6.10 Å². The number of aryl methyl sites for hydroxylation is 1. The summed E-state index contributed by atoms with van der Waals surface area (Å²) in [6, 6.07) is 10.3. The highest BCUT2D eigenvalue weighted by Crippen LogP contribution is 2.35. The van der Waals surface area contributed by atoms with Crippen LogP contribution in [0.25, 0.3) is 10.9 Å². The van der Waals surface area contributed by atoms with Crippen LogP contribution in [0, 0.1) is 18.8 Å². The number of fused-ring (bicyclic) bond motifs is 1. The number of H-pyrrole nitrogens is 1. The van der Waals surface area contributed by atoms with Gasteiger partial charge in [0.15, 0.2) is 0 Å². The fraction of sp³-hybridized carbons (Fsp3) is 0.429. The van der Waals surface area contributed by atoms with E-state index in [1.54, 1.807) is 6.20 Å². The summed E-state index contributed by atoms with van der Waals surface area (Å²) >= 11 is 0. The van der Waals surface area contributed by atoms with Crippen LogP contribution in [-0.2, 0) is 13.0 Å². The number of hydrogen-bond donors (Lipinski definition) is 4. The quantitative estimate of drug-likeness (QED) is 0.535. The Hall–Kier alpha value is -2.28. The molecule has 1 saturated carbocycles. The van der Waals surface area contributed by atoms with Gasteiger partial charge >= 0.3 is 0 Å². The molecule has 0 radical (unpaired) electrons. The summed E-state index contributed by atoms with van der Waals surface area (Å²) in [6.45, 7) is 2.59. The summed E-state index contributed by atoms with van der Waals surface area (Å²) in [7, 11) is 0. The van der Waals surface area contributed by atoms with Gasteiger partial charge in [0.25, 0.3) is 0 Å². The topological polar surface area (TPSA) is 94.1 Å². The number of hydrogen-bond acceptors (Lipinski definition) is 5. The van der Waals surface area contributed by atoms with E-state index in [0.717, 1.165) is 30.0 Å². The first-order chi connectivity index (χ1) is 13.2. The number of aromatic nitrogens is 3. The van der Waals surface area contributed by atoms with Crippen LogP contribution in [0.1, 0.15) is 23.5 Å². The number of para-hydroxylation sites is 1. The molecule has 0 aliphatic heterocycles. The number of nitrogens with zero attached hydrogens (tertiary/aromatic N) is 2. The molecule has 0 spiro atoms. The molecule has 27 heavy (non-hydrogen) atoms. The average molecular weight is 366 g/mol. The molecule has 1 aliphatic carbocycles. The van der Waals surface area contributed by atoms with Crippen molar-refractivity contribution in [2.75, 3.05) is 6.61 Å².